The van der Waals surface area contributed by atoms with Crippen molar-refractivity contribution in [3.63, 3.8) is 0 Å². The number of hydrogen-bond acceptors (Lipinski definition) is 7. The second-order valence-electron chi connectivity index (χ2n) is 12.5. The summed E-state index contributed by atoms with van der Waals surface area (Å²) < 4.78 is 4.62. The number of rotatable bonds is 9. The van der Waals surface area contributed by atoms with Crippen LogP contribution in [0, 0.1) is 17.8 Å². The van der Waals surface area contributed by atoms with Gasteiger partial charge in [-0.2, -0.15) is 0 Å². The summed E-state index contributed by atoms with van der Waals surface area (Å²) in [6.07, 6.45) is 8.99. The van der Waals surface area contributed by atoms with E-state index < -0.39 is 28.7 Å². The van der Waals surface area contributed by atoms with E-state index in [1.165, 1.54) is 0 Å². The van der Waals surface area contributed by atoms with Crippen LogP contribution < -0.4 is 0 Å². The number of nitrogens with zero attached hydrogens (tertiary/aromatic N) is 4. The monoisotopic (exact) mass is 608 g/mol. The van der Waals surface area contributed by atoms with E-state index in [1.54, 1.807) is 16.7 Å². The lowest BCUT2D eigenvalue weighted by Gasteiger charge is -2.40. The molecule has 0 radical (unpaired) electrons. The average molecular weight is 609 g/mol. The van der Waals surface area contributed by atoms with Crippen LogP contribution >= 0.6 is 11.8 Å². The zero-order valence-electron chi connectivity index (χ0n) is 25.2. The minimum atomic E-state index is -0.881. The highest BCUT2D eigenvalue weighted by Crippen LogP contribution is 2.61. The first-order valence-electron chi connectivity index (χ1n) is 15.8. The van der Waals surface area contributed by atoms with E-state index in [1.807, 2.05) is 66.1 Å². The second kappa shape index (κ2) is 12.8. The van der Waals surface area contributed by atoms with Crippen LogP contribution in [-0.4, -0.2) is 124 Å². The Labute approximate surface area is 258 Å². The van der Waals surface area contributed by atoms with E-state index in [4.69, 9.17) is 4.74 Å². The number of amides is 3. The molecule has 1 spiro atoms. The molecule has 0 saturated carbocycles. The third-order valence-electron chi connectivity index (χ3n) is 10.1. The summed E-state index contributed by atoms with van der Waals surface area (Å²) in [5.41, 5.74) is 1.04. The van der Waals surface area contributed by atoms with E-state index in [0.29, 0.717) is 39.4 Å². The van der Waals surface area contributed by atoms with Crippen LogP contribution in [0.4, 0.5) is 0 Å². The highest BCUT2D eigenvalue weighted by atomic mass is 32.2. The van der Waals surface area contributed by atoms with E-state index in [9.17, 15) is 19.5 Å². The molecule has 0 aliphatic carbocycles. The van der Waals surface area contributed by atoms with Gasteiger partial charge in [0.2, 0.25) is 17.7 Å². The van der Waals surface area contributed by atoms with Gasteiger partial charge in [-0.15, -0.1) is 11.8 Å². The Morgan fingerprint density at radius 1 is 1.00 bits per heavy atom. The number of carbonyl (C=O) groups is 3. The number of morpholine rings is 1. The van der Waals surface area contributed by atoms with Crippen LogP contribution in [0.2, 0.25) is 0 Å². The van der Waals surface area contributed by atoms with Gasteiger partial charge in [-0.05, 0) is 11.5 Å². The number of thioether (sulfide) groups is 1. The van der Waals surface area contributed by atoms with Gasteiger partial charge in [-0.1, -0.05) is 74.9 Å². The maximum absolute atomic E-state index is 14.7. The van der Waals surface area contributed by atoms with Gasteiger partial charge in [-0.3, -0.25) is 19.3 Å². The van der Waals surface area contributed by atoms with Gasteiger partial charge in [-0.25, -0.2) is 0 Å². The number of aliphatic hydroxyl groups is 1. The van der Waals surface area contributed by atoms with Crippen molar-refractivity contribution < 1.29 is 24.2 Å². The van der Waals surface area contributed by atoms with Gasteiger partial charge in [0.15, 0.2) is 0 Å². The van der Waals surface area contributed by atoms with Crippen LogP contribution in [0.1, 0.15) is 25.8 Å². The number of likely N-dealkylation sites (tertiary alicyclic amines) is 1. The number of fused-ring (bicyclic) bond motifs is 2. The molecule has 0 aromatic heterocycles. The molecule has 9 nitrogen and oxygen atoms in total. The summed E-state index contributed by atoms with van der Waals surface area (Å²) >= 11 is 1.60. The summed E-state index contributed by atoms with van der Waals surface area (Å²) in [7, 11) is 0. The summed E-state index contributed by atoms with van der Waals surface area (Å²) in [6, 6.07) is 8.64. The molecule has 3 fully saturated rings. The molecule has 3 saturated heterocycles. The third-order valence-corrected chi connectivity index (χ3v) is 11.9. The van der Waals surface area contributed by atoms with Crippen molar-refractivity contribution in [2.75, 3.05) is 59.1 Å². The van der Waals surface area contributed by atoms with E-state index in [2.05, 4.69) is 17.1 Å². The largest absolute Gasteiger partial charge is 0.394 e. The number of benzene rings is 1. The zero-order chi connectivity index (χ0) is 30.1. The molecule has 3 amide bonds. The van der Waals surface area contributed by atoms with Gasteiger partial charge in [0.1, 0.15) is 6.04 Å². The number of ether oxygens (including phenoxy) is 1. The average Bonchev–Trinajstić information content (AvgIpc) is 3.35. The first kappa shape index (κ1) is 30.4. The van der Waals surface area contributed by atoms with Gasteiger partial charge in [0.25, 0.3) is 0 Å². The fourth-order valence-corrected chi connectivity index (χ4v) is 9.57. The molecule has 5 heterocycles. The van der Waals surface area contributed by atoms with Crippen LogP contribution in [0.25, 0.3) is 0 Å². The van der Waals surface area contributed by atoms with Crippen molar-refractivity contribution in [2.45, 2.75) is 48.9 Å². The highest BCUT2D eigenvalue weighted by molar-refractivity contribution is 8.02. The summed E-state index contributed by atoms with van der Waals surface area (Å²) in [5.74, 6) is -1.58. The Bertz CT molecular complexity index is 1250. The Hall–Kier alpha value is -2.66. The lowest BCUT2D eigenvalue weighted by atomic mass is 9.78. The lowest BCUT2D eigenvalue weighted by molar-refractivity contribution is -0.148. The molecule has 5 aliphatic rings. The molecular weight excluding hydrogens is 564 g/mol. The Kier molecular flexibility index (Phi) is 9.01. The molecule has 1 N–H and O–H groups in total. The maximum atomic E-state index is 14.7. The van der Waals surface area contributed by atoms with Crippen molar-refractivity contribution in [3.8, 4) is 0 Å². The zero-order valence-corrected chi connectivity index (χ0v) is 26.0. The standard InChI is InChI=1S/C33H44N4O5S/c1-3-23(2)25(22-38)37-29-32(41)35(16-15-34-17-19-42-20-18-34)14-8-12-33(29)28(31(37)40)27-26(43-33)11-7-13-36(30(27)39)21-24-9-5-4-6-10-24/h4-12,23,25-29,38H,3,13-22H2,1-2H3/t23-,25-,26+,27-,28-,29?,33-/m0/s1. The van der Waals surface area contributed by atoms with Crippen molar-refractivity contribution >= 4 is 29.5 Å². The number of carbonyl (C=O) groups excluding carboxylic acids is 3. The van der Waals surface area contributed by atoms with Crippen LogP contribution in [0.5, 0.6) is 0 Å². The quantitative estimate of drug-likeness (QED) is 0.429. The summed E-state index contributed by atoms with van der Waals surface area (Å²) in [5, 5.41) is 10.4. The molecule has 1 unspecified atom stereocenters. The Morgan fingerprint density at radius 2 is 1.74 bits per heavy atom. The molecule has 6 rings (SSSR count). The molecular formula is C33H44N4O5S. The number of aliphatic hydroxyl groups excluding tert-OH is 1. The first-order chi connectivity index (χ1) is 20.9. The first-order valence-corrected chi connectivity index (χ1v) is 16.6. The van der Waals surface area contributed by atoms with Crippen molar-refractivity contribution in [1.82, 2.24) is 19.6 Å². The van der Waals surface area contributed by atoms with Gasteiger partial charge < -0.3 is 24.5 Å². The fraction of sp³-hybridized carbons (Fsp3) is 0.606. The van der Waals surface area contributed by atoms with Crippen LogP contribution in [0.15, 0.2) is 54.6 Å². The number of hydrogen-bond donors (Lipinski definition) is 1. The normalized spacial score (nSPS) is 32.3. The van der Waals surface area contributed by atoms with Crippen LogP contribution in [-0.2, 0) is 25.7 Å². The van der Waals surface area contributed by atoms with Gasteiger partial charge in [0.05, 0.1) is 42.4 Å². The molecule has 232 valence electrons. The van der Waals surface area contributed by atoms with Crippen molar-refractivity contribution in [2.24, 2.45) is 17.8 Å². The molecule has 0 bridgehead atoms. The predicted octanol–water partition coefficient (Wildman–Crippen LogP) is 2.02. The topological polar surface area (TPSA) is 93.6 Å². The molecule has 1 aromatic carbocycles. The second-order valence-corrected chi connectivity index (χ2v) is 14.0. The predicted molar refractivity (Wildman–Crippen MR) is 166 cm³/mol. The molecule has 10 heteroatoms. The Morgan fingerprint density at radius 3 is 2.47 bits per heavy atom. The van der Waals surface area contributed by atoms with Crippen molar-refractivity contribution in [3.05, 3.63) is 60.2 Å². The minimum absolute atomic E-state index is 0.00762. The maximum Gasteiger partial charge on any atom is 0.247 e. The molecule has 5 aliphatic heterocycles. The summed E-state index contributed by atoms with van der Waals surface area (Å²) in [4.78, 5) is 51.4. The lowest BCUT2D eigenvalue weighted by Crippen LogP contribution is -2.58. The third kappa shape index (κ3) is 5.45. The van der Waals surface area contributed by atoms with Crippen molar-refractivity contribution in [1.29, 1.82) is 0 Å². The summed E-state index contributed by atoms with van der Waals surface area (Å²) in [6.45, 7) is 9.61. The Balaban J connectivity index is 1.35. The molecule has 7 atom stereocenters. The van der Waals surface area contributed by atoms with E-state index in [0.717, 1.165) is 31.6 Å². The van der Waals surface area contributed by atoms with E-state index in [-0.39, 0.29) is 35.5 Å². The molecule has 1 aromatic rings. The highest BCUT2D eigenvalue weighted by Gasteiger charge is 2.71. The SMILES string of the molecule is CC[C@H](C)[C@H](CO)N1C(=O)[C@@H]2[C@H]3C(=O)N(Cc4ccccc4)CC=C[C@H]3S[C@@]23C=CCN(CCN2CCOCC2)C(=O)C13. The smallest absolute Gasteiger partial charge is 0.247 e. The fourth-order valence-electron chi connectivity index (χ4n) is 7.58. The van der Waals surface area contributed by atoms with Gasteiger partial charge in [0, 0.05) is 51.1 Å². The van der Waals surface area contributed by atoms with Crippen LogP contribution in [0.3, 0.4) is 0 Å². The minimum Gasteiger partial charge on any atom is -0.394 e. The van der Waals surface area contributed by atoms with Gasteiger partial charge >= 0.3 is 0 Å². The molecule has 43 heavy (non-hydrogen) atoms. The van der Waals surface area contributed by atoms with E-state index >= 15 is 0 Å².